The van der Waals surface area contributed by atoms with Gasteiger partial charge in [0.1, 0.15) is 0 Å². The number of carbonyl (C=O) groups excluding carboxylic acids is 2. The summed E-state index contributed by atoms with van der Waals surface area (Å²) in [6.07, 6.45) is 6.69. The van der Waals surface area contributed by atoms with Crippen molar-refractivity contribution in [3.05, 3.63) is 12.7 Å². The van der Waals surface area contributed by atoms with E-state index in [1.807, 2.05) is 6.08 Å². The van der Waals surface area contributed by atoms with Gasteiger partial charge in [0, 0.05) is 13.6 Å². The van der Waals surface area contributed by atoms with Crippen LogP contribution >= 0.6 is 0 Å². The molecule has 0 aliphatic carbocycles. The van der Waals surface area contributed by atoms with E-state index in [4.69, 9.17) is 0 Å². The molecule has 0 atom stereocenters. The van der Waals surface area contributed by atoms with Crippen LogP contribution in [-0.4, -0.2) is 32.2 Å². The van der Waals surface area contributed by atoms with Crippen LogP contribution in [0.25, 0.3) is 0 Å². The summed E-state index contributed by atoms with van der Waals surface area (Å²) in [5.41, 5.74) is 0. The summed E-state index contributed by atoms with van der Waals surface area (Å²) in [4.78, 5) is 21.8. The van der Waals surface area contributed by atoms with Crippen LogP contribution in [-0.2, 0) is 9.53 Å². The molecule has 0 spiro atoms. The van der Waals surface area contributed by atoms with E-state index in [-0.39, 0.29) is 12.5 Å². The van der Waals surface area contributed by atoms with Crippen molar-refractivity contribution in [3.63, 3.8) is 0 Å². The van der Waals surface area contributed by atoms with Gasteiger partial charge in [0.2, 0.25) is 0 Å². The number of nitrogens with one attached hydrogen (secondary N) is 2. The summed E-state index contributed by atoms with van der Waals surface area (Å²) in [7, 11) is 1.49. The zero-order chi connectivity index (χ0) is 12.9. The summed E-state index contributed by atoms with van der Waals surface area (Å²) in [6, 6.07) is 0. The van der Waals surface area contributed by atoms with Crippen molar-refractivity contribution in [1.29, 1.82) is 0 Å². The van der Waals surface area contributed by atoms with E-state index in [0.29, 0.717) is 6.54 Å². The predicted molar refractivity (Wildman–Crippen MR) is 66.7 cm³/mol. The van der Waals surface area contributed by atoms with Gasteiger partial charge in [-0.3, -0.25) is 4.79 Å². The molecular weight excluding hydrogens is 220 g/mol. The fraction of sp³-hybridized carbons (Fsp3) is 0.667. The zero-order valence-electron chi connectivity index (χ0n) is 10.5. The molecule has 0 aliphatic heterocycles. The smallest absolute Gasteiger partial charge is 0.407 e. The number of rotatable bonds is 9. The standard InChI is InChI=1S/C12H22N2O3/c1-3-4-5-6-7-8-9-14-12(16)17-10-11(15)13-2/h3H,1,4-10H2,2H3,(H,13,15)(H,14,16). The Bertz CT molecular complexity index is 242. The lowest BCUT2D eigenvalue weighted by Crippen LogP contribution is -2.30. The molecule has 0 heterocycles. The fourth-order valence-electron chi connectivity index (χ4n) is 1.21. The minimum absolute atomic E-state index is 0.234. The molecule has 0 radical (unpaired) electrons. The molecule has 17 heavy (non-hydrogen) atoms. The highest BCUT2D eigenvalue weighted by Crippen LogP contribution is 2.02. The molecule has 98 valence electrons. The Morgan fingerprint density at radius 2 is 1.94 bits per heavy atom. The highest BCUT2D eigenvalue weighted by molar-refractivity contribution is 5.79. The van der Waals surface area contributed by atoms with Crippen molar-refractivity contribution < 1.29 is 14.3 Å². The third-order valence-electron chi connectivity index (χ3n) is 2.22. The van der Waals surface area contributed by atoms with Gasteiger partial charge in [-0.1, -0.05) is 18.9 Å². The SMILES string of the molecule is C=CCCCCCCNC(=O)OCC(=O)NC. The van der Waals surface area contributed by atoms with Gasteiger partial charge in [0.05, 0.1) is 0 Å². The summed E-state index contributed by atoms with van der Waals surface area (Å²) in [5.74, 6) is -0.315. The third-order valence-corrected chi connectivity index (χ3v) is 2.22. The molecule has 2 N–H and O–H groups in total. The Morgan fingerprint density at radius 1 is 1.24 bits per heavy atom. The Hall–Kier alpha value is -1.52. The largest absolute Gasteiger partial charge is 0.439 e. The molecule has 5 nitrogen and oxygen atoms in total. The number of hydrogen-bond donors (Lipinski definition) is 2. The van der Waals surface area contributed by atoms with Crippen LogP contribution in [0.15, 0.2) is 12.7 Å². The highest BCUT2D eigenvalue weighted by Gasteiger charge is 2.04. The molecule has 0 saturated heterocycles. The molecule has 0 aliphatic rings. The summed E-state index contributed by atoms with van der Waals surface area (Å²) in [6.45, 7) is 4.00. The number of alkyl carbamates (subject to hydrolysis) is 1. The van der Waals surface area contributed by atoms with E-state index in [0.717, 1.165) is 32.1 Å². The van der Waals surface area contributed by atoms with Crippen molar-refractivity contribution in [1.82, 2.24) is 10.6 Å². The molecule has 0 fully saturated rings. The maximum absolute atomic E-state index is 11.1. The van der Waals surface area contributed by atoms with Gasteiger partial charge in [-0.25, -0.2) is 4.79 Å². The van der Waals surface area contributed by atoms with E-state index < -0.39 is 6.09 Å². The number of likely N-dealkylation sites (N-methyl/N-ethyl adjacent to an activating group) is 1. The molecule has 0 saturated carbocycles. The van der Waals surface area contributed by atoms with E-state index in [1.165, 1.54) is 7.05 Å². The average Bonchev–Trinajstić information content (AvgIpc) is 2.34. The minimum atomic E-state index is -0.542. The molecule has 0 bridgehead atoms. The first kappa shape index (κ1) is 15.5. The second kappa shape index (κ2) is 11.0. The summed E-state index contributed by atoms with van der Waals surface area (Å²) < 4.78 is 4.66. The van der Waals surface area contributed by atoms with Gasteiger partial charge in [0.25, 0.3) is 5.91 Å². The van der Waals surface area contributed by atoms with Crippen LogP contribution < -0.4 is 10.6 Å². The summed E-state index contributed by atoms with van der Waals surface area (Å²) >= 11 is 0. The average molecular weight is 242 g/mol. The lowest BCUT2D eigenvalue weighted by atomic mass is 10.1. The fourth-order valence-corrected chi connectivity index (χ4v) is 1.21. The van der Waals surface area contributed by atoms with Gasteiger partial charge >= 0.3 is 6.09 Å². The summed E-state index contributed by atoms with van der Waals surface area (Å²) in [5, 5.41) is 4.96. The first-order valence-corrected chi connectivity index (χ1v) is 5.92. The third kappa shape index (κ3) is 10.8. The van der Waals surface area contributed by atoms with E-state index in [1.54, 1.807) is 0 Å². The quantitative estimate of drug-likeness (QED) is 0.476. The predicted octanol–water partition coefficient (Wildman–Crippen LogP) is 1.60. The molecular formula is C12H22N2O3. The Morgan fingerprint density at radius 3 is 2.59 bits per heavy atom. The molecule has 0 rings (SSSR count). The van der Waals surface area contributed by atoms with Crippen LogP contribution in [0, 0.1) is 0 Å². The van der Waals surface area contributed by atoms with Crippen LogP contribution in [0.4, 0.5) is 4.79 Å². The molecule has 2 amide bonds. The number of amides is 2. The minimum Gasteiger partial charge on any atom is -0.439 e. The van der Waals surface area contributed by atoms with Crippen molar-refractivity contribution in [2.75, 3.05) is 20.2 Å². The lowest BCUT2D eigenvalue weighted by molar-refractivity contribution is -0.123. The Kier molecular flexibility index (Phi) is 10.00. The molecule has 0 aromatic carbocycles. The maximum Gasteiger partial charge on any atom is 0.407 e. The second-order valence-electron chi connectivity index (χ2n) is 3.67. The molecule has 0 aromatic rings. The van der Waals surface area contributed by atoms with E-state index in [2.05, 4.69) is 21.9 Å². The van der Waals surface area contributed by atoms with Crippen molar-refractivity contribution in [3.8, 4) is 0 Å². The molecule has 0 aromatic heterocycles. The van der Waals surface area contributed by atoms with Gasteiger partial charge in [-0.2, -0.15) is 0 Å². The maximum atomic E-state index is 11.1. The number of ether oxygens (including phenoxy) is 1. The topological polar surface area (TPSA) is 67.4 Å². The Labute approximate surface area is 103 Å². The monoisotopic (exact) mass is 242 g/mol. The van der Waals surface area contributed by atoms with Crippen molar-refractivity contribution in [2.24, 2.45) is 0 Å². The number of unbranched alkanes of at least 4 members (excludes halogenated alkanes) is 4. The molecule has 0 unspecified atom stereocenters. The number of hydrogen-bond acceptors (Lipinski definition) is 3. The van der Waals surface area contributed by atoms with Gasteiger partial charge < -0.3 is 15.4 Å². The first-order valence-electron chi connectivity index (χ1n) is 5.92. The first-order chi connectivity index (χ1) is 8.20. The highest BCUT2D eigenvalue weighted by atomic mass is 16.6. The van der Waals surface area contributed by atoms with E-state index in [9.17, 15) is 9.59 Å². The lowest BCUT2D eigenvalue weighted by Gasteiger charge is -2.05. The number of allylic oxidation sites excluding steroid dienone is 1. The zero-order valence-corrected chi connectivity index (χ0v) is 10.5. The normalized spacial score (nSPS) is 9.47. The second-order valence-corrected chi connectivity index (χ2v) is 3.67. The van der Waals surface area contributed by atoms with Crippen LogP contribution in [0.1, 0.15) is 32.1 Å². The van der Waals surface area contributed by atoms with Gasteiger partial charge in [-0.05, 0) is 19.3 Å². The van der Waals surface area contributed by atoms with Crippen LogP contribution in [0.2, 0.25) is 0 Å². The van der Waals surface area contributed by atoms with Crippen molar-refractivity contribution in [2.45, 2.75) is 32.1 Å². The van der Waals surface area contributed by atoms with E-state index >= 15 is 0 Å². The van der Waals surface area contributed by atoms with Gasteiger partial charge in [0.15, 0.2) is 6.61 Å². The van der Waals surface area contributed by atoms with Crippen LogP contribution in [0.5, 0.6) is 0 Å². The number of carbonyl (C=O) groups is 2. The molecule has 5 heteroatoms. The van der Waals surface area contributed by atoms with Gasteiger partial charge in [-0.15, -0.1) is 6.58 Å². The van der Waals surface area contributed by atoms with Crippen molar-refractivity contribution >= 4 is 12.0 Å². The Balaban J connectivity index is 3.27. The van der Waals surface area contributed by atoms with Crippen LogP contribution in [0.3, 0.4) is 0 Å².